The fraction of sp³-hybridized carbons (Fsp3) is 0.286. The van der Waals surface area contributed by atoms with Gasteiger partial charge in [0.2, 0.25) is 0 Å². The Bertz CT molecular complexity index is 652. The molecule has 0 saturated heterocycles. The van der Waals surface area contributed by atoms with E-state index >= 15 is 0 Å². The SMILES string of the molecule is CC(N)CCNC(=O)c1cc2ccccc2c(=O)[nH]1.Cl. The Labute approximate surface area is 123 Å². The fourth-order valence-electron chi connectivity index (χ4n) is 1.84. The van der Waals surface area contributed by atoms with E-state index in [0.717, 1.165) is 5.39 Å². The molecule has 4 N–H and O–H groups in total. The van der Waals surface area contributed by atoms with Gasteiger partial charge in [-0.25, -0.2) is 0 Å². The van der Waals surface area contributed by atoms with Gasteiger partial charge >= 0.3 is 0 Å². The minimum absolute atomic E-state index is 0. The van der Waals surface area contributed by atoms with Crippen molar-refractivity contribution in [1.82, 2.24) is 10.3 Å². The Hall–Kier alpha value is -1.85. The Morgan fingerprint density at radius 3 is 2.80 bits per heavy atom. The van der Waals surface area contributed by atoms with E-state index in [0.29, 0.717) is 18.4 Å². The molecule has 2 aromatic rings. The van der Waals surface area contributed by atoms with Crippen LogP contribution in [0.5, 0.6) is 0 Å². The summed E-state index contributed by atoms with van der Waals surface area (Å²) in [6.07, 6.45) is 0.698. The van der Waals surface area contributed by atoms with Crippen LogP contribution in [0.1, 0.15) is 23.8 Å². The number of hydrogen-bond donors (Lipinski definition) is 3. The third-order valence-corrected chi connectivity index (χ3v) is 2.88. The fourth-order valence-corrected chi connectivity index (χ4v) is 1.84. The maximum atomic E-state index is 11.9. The highest BCUT2D eigenvalue weighted by Gasteiger charge is 2.08. The number of amides is 1. The number of aromatic nitrogens is 1. The first-order valence-electron chi connectivity index (χ1n) is 6.24. The molecule has 1 aromatic carbocycles. The summed E-state index contributed by atoms with van der Waals surface area (Å²) in [6, 6.07) is 8.88. The van der Waals surface area contributed by atoms with Crippen molar-refractivity contribution in [2.75, 3.05) is 6.54 Å². The molecule has 0 fully saturated rings. The predicted octanol–water partition coefficient (Wildman–Crippen LogP) is 1.42. The van der Waals surface area contributed by atoms with E-state index in [1.54, 1.807) is 18.2 Å². The molecule has 2 rings (SSSR count). The van der Waals surface area contributed by atoms with Gasteiger partial charge in [0, 0.05) is 18.0 Å². The standard InChI is InChI=1S/C14H17N3O2.ClH/c1-9(15)6-7-16-14(19)12-8-10-4-2-3-5-11(10)13(18)17-12;/h2-5,8-9H,6-7,15H2,1H3,(H,16,19)(H,17,18);1H. The van der Waals surface area contributed by atoms with E-state index in [2.05, 4.69) is 10.3 Å². The van der Waals surface area contributed by atoms with Crippen LogP contribution in [0.2, 0.25) is 0 Å². The van der Waals surface area contributed by atoms with Gasteiger partial charge in [-0.1, -0.05) is 18.2 Å². The maximum absolute atomic E-state index is 11.9. The second-order valence-corrected chi connectivity index (χ2v) is 4.62. The number of carbonyl (C=O) groups is 1. The third kappa shape index (κ3) is 3.82. The molecule has 0 spiro atoms. The maximum Gasteiger partial charge on any atom is 0.267 e. The lowest BCUT2D eigenvalue weighted by atomic mass is 10.1. The summed E-state index contributed by atoms with van der Waals surface area (Å²) in [7, 11) is 0. The number of nitrogens with two attached hydrogens (primary N) is 1. The predicted molar refractivity (Wildman–Crippen MR) is 82.4 cm³/mol. The molecule has 1 atom stereocenters. The van der Waals surface area contributed by atoms with Gasteiger partial charge in [-0.2, -0.15) is 0 Å². The van der Waals surface area contributed by atoms with Crippen molar-refractivity contribution in [2.45, 2.75) is 19.4 Å². The lowest BCUT2D eigenvalue weighted by Gasteiger charge is -2.07. The van der Waals surface area contributed by atoms with E-state index in [1.807, 2.05) is 19.1 Å². The van der Waals surface area contributed by atoms with Crippen LogP contribution in [0.25, 0.3) is 10.8 Å². The first-order valence-corrected chi connectivity index (χ1v) is 6.24. The summed E-state index contributed by atoms with van der Waals surface area (Å²) in [5.74, 6) is -0.288. The number of fused-ring (bicyclic) bond motifs is 1. The van der Waals surface area contributed by atoms with E-state index in [9.17, 15) is 9.59 Å². The molecule has 1 unspecified atom stereocenters. The molecule has 1 heterocycles. The normalized spacial score (nSPS) is 11.7. The first-order chi connectivity index (χ1) is 9.08. The van der Waals surface area contributed by atoms with Crippen LogP contribution in [0.4, 0.5) is 0 Å². The van der Waals surface area contributed by atoms with E-state index < -0.39 is 0 Å². The van der Waals surface area contributed by atoms with Gasteiger partial charge in [0.25, 0.3) is 11.5 Å². The molecule has 0 aliphatic rings. The minimum atomic E-state index is -0.288. The van der Waals surface area contributed by atoms with Crippen LogP contribution in [-0.4, -0.2) is 23.5 Å². The van der Waals surface area contributed by atoms with Gasteiger partial charge in [0.1, 0.15) is 5.69 Å². The summed E-state index contributed by atoms with van der Waals surface area (Å²) in [5.41, 5.74) is 5.62. The van der Waals surface area contributed by atoms with Crippen LogP contribution in [0.3, 0.4) is 0 Å². The largest absolute Gasteiger partial charge is 0.351 e. The zero-order valence-electron chi connectivity index (χ0n) is 11.2. The summed E-state index contributed by atoms with van der Waals surface area (Å²) in [4.78, 5) is 26.3. The Morgan fingerprint density at radius 1 is 1.40 bits per heavy atom. The van der Waals surface area contributed by atoms with Crippen LogP contribution >= 0.6 is 12.4 Å². The number of H-pyrrole nitrogens is 1. The average Bonchev–Trinajstić information content (AvgIpc) is 2.38. The Balaban J connectivity index is 0.00000200. The first kappa shape index (κ1) is 16.2. The molecule has 5 nitrogen and oxygen atoms in total. The molecule has 108 valence electrons. The van der Waals surface area contributed by atoms with Crippen molar-refractivity contribution in [1.29, 1.82) is 0 Å². The van der Waals surface area contributed by atoms with Crippen LogP contribution < -0.4 is 16.6 Å². The quantitative estimate of drug-likeness (QED) is 0.797. The number of carbonyl (C=O) groups excluding carboxylic acids is 1. The highest BCUT2D eigenvalue weighted by atomic mass is 35.5. The molecular formula is C14H18ClN3O2. The van der Waals surface area contributed by atoms with Gasteiger partial charge in [0.05, 0.1) is 0 Å². The molecule has 1 amide bonds. The number of hydrogen-bond acceptors (Lipinski definition) is 3. The highest BCUT2D eigenvalue weighted by molar-refractivity contribution is 5.96. The molecule has 0 radical (unpaired) electrons. The lowest BCUT2D eigenvalue weighted by molar-refractivity contribution is 0.0948. The van der Waals surface area contributed by atoms with Crippen molar-refractivity contribution >= 4 is 29.1 Å². The van der Waals surface area contributed by atoms with Crippen molar-refractivity contribution < 1.29 is 4.79 Å². The van der Waals surface area contributed by atoms with Crippen LogP contribution in [0, 0.1) is 0 Å². The van der Waals surface area contributed by atoms with Gasteiger partial charge in [0.15, 0.2) is 0 Å². The second-order valence-electron chi connectivity index (χ2n) is 4.62. The molecule has 0 aliphatic carbocycles. The number of pyridine rings is 1. The lowest BCUT2D eigenvalue weighted by Crippen LogP contribution is -2.30. The molecule has 1 aromatic heterocycles. The number of benzene rings is 1. The summed E-state index contributed by atoms with van der Waals surface area (Å²) < 4.78 is 0. The smallest absolute Gasteiger partial charge is 0.267 e. The zero-order chi connectivity index (χ0) is 13.8. The van der Waals surface area contributed by atoms with Crippen LogP contribution in [0.15, 0.2) is 35.1 Å². The number of aromatic amines is 1. The van der Waals surface area contributed by atoms with Gasteiger partial charge in [-0.05, 0) is 30.9 Å². The van der Waals surface area contributed by atoms with Crippen molar-refractivity contribution in [2.24, 2.45) is 5.73 Å². The van der Waals surface area contributed by atoms with Gasteiger partial charge in [-0.3, -0.25) is 9.59 Å². The van der Waals surface area contributed by atoms with Gasteiger partial charge in [-0.15, -0.1) is 12.4 Å². The molecular weight excluding hydrogens is 278 g/mol. The Kier molecular flexibility index (Phi) is 5.73. The second kappa shape index (κ2) is 7.07. The Morgan fingerprint density at radius 2 is 2.10 bits per heavy atom. The number of halogens is 1. The molecule has 20 heavy (non-hydrogen) atoms. The monoisotopic (exact) mass is 295 g/mol. The third-order valence-electron chi connectivity index (χ3n) is 2.88. The molecule has 0 bridgehead atoms. The molecule has 0 aliphatic heterocycles. The molecule has 6 heteroatoms. The number of nitrogens with one attached hydrogen (secondary N) is 2. The van der Waals surface area contributed by atoms with Crippen molar-refractivity contribution in [3.05, 3.63) is 46.4 Å². The minimum Gasteiger partial charge on any atom is -0.351 e. The summed E-state index contributed by atoms with van der Waals surface area (Å²) in [6.45, 7) is 2.37. The van der Waals surface area contributed by atoms with E-state index in [1.165, 1.54) is 0 Å². The summed E-state index contributed by atoms with van der Waals surface area (Å²) >= 11 is 0. The highest BCUT2D eigenvalue weighted by Crippen LogP contribution is 2.09. The molecule has 0 saturated carbocycles. The van der Waals surface area contributed by atoms with Gasteiger partial charge < -0.3 is 16.0 Å². The summed E-state index contributed by atoms with van der Waals surface area (Å²) in [5, 5.41) is 4.06. The van der Waals surface area contributed by atoms with E-state index in [-0.39, 0.29) is 35.6 Å². The zero-order valence-corrected chi connectivity index (χ0v) is 12.0. The van der Waals surface area contributed by atoms with Crippen molar-refractivity contribution in [3.8, 4) is 0 Å². The number of rotatable bonds is 4. The van der Waals surface area contributed by atoms with E-state index in [4.69, 9.17) is 5.73 Å². The van der Waals surface area contributed by atoms with Crippen molar-refractivity contribution in [3.63, 3.8) is 0 Å². The van der Waals surface area contributed by atoms with Crippen LogP contribution in [-0.2, 0) is 0 Å². The topological polar surface area (TPSA) is 88.0 Å². The average molecular weight is 296 g/mol.